The largest absolute Gasteiger partial charge is 0.342 e. The molecule has 4 aromatic rings. The highest BCUT2D eigenvalue weighted by Gasteiger charge is 2.35. The average Bonchev–Trinajstić information content (AvgIpc) is 3.29. The molecular weight excluding hydrogens is 520 g/mol. The number of thioether (sulfide) groups is 1. The van der Waals surface area contributed by atoms with Crippen LogP contribution in [0.4, 0.5) is 4.79 Å². The minimum Gasteiger partial charge on any atom is -0.342 e. The summed E-state index contributed by atoms with van der Waals surface area (Å²) in [5.41, 5.74) is 3.85. The van der Waals surface area contributed by atoms with Crippen LogP contribution in [-0.2, 0) is 17.9 Å². The molecule has 5 rings (SSSR count). The Bertz CT molecular complexity index is 1410. The summed E-state index contributed by atoms with van der Waals surface area (Å²) in [5.74, 6) is -0.268. The average molecular weight is 538 g/mol. The summed E-state index contributed by atoms with van der Waals surface area (Å²) in [4.78, 5) is 27.4. The van der Waals surface area contributed by atoms with E-state index >= 15 is 0 Å². The number of aromatic nitrogens is 1. The Morgan fingerprint density at radius 3 is 2.42 bits per heavy atom. The standard InChI is InChI=1S/C26H18BrClN2O2S/c27-20-11-9-17(10-12-20)14-30-25(31)24(33-26(30)32)13-19-16-29(23-8-4-2-6-21(19)23)15-18-5-1-3-7-22(18)28/h1-13,16H,14-15H2/b24-13-. The van der Waals surface area contributed by atoms with Crippen molar-refractivity contribution in [2.75, 3.05) is 0 Å². The van der Waals surface area contributed by atoms with Crippen LogP contribution >= 0.6 is 39.3 Å². The van der Waals surface area contributed by atoms with Gasteiger partial charge in [0.1, 0.15) is 0 Å². The van der Waals surface area contributed by atoms with Crippen molar-refractivity contribution in [1.82, 2.24) is 9.47 Å². The molecule has 0 bridgehead atoms. The van der Waals surface area contributed by atoms with E-state index in [1.165, 1.54) is 4.90 Å². The van der Waals surface area contributed by atoms with Crippen LogP contribution in [0.5, 0.6) is 0 Å². The van der Waals surface area contributed by atoms with Crippen molar-refractivity contribution < 1.29 is 9.59 Å². The Morgan fingerprint density at radius 2 is 1.64 bits per heavy atom. The van der Waals surface area contributed by atoms with E-state index in [1.807, 2.05) is 85.1 Å². The smallest absolute Gasteiger partial charge is 0.293 e. The van der Waals surface area contributed by atoms with Crippen LogP contribution in [0.1, 0.15) is 16.7 Å². The van der Waals surface area contributed by atoms with Gasteiger partial charge >= 0.3 is 0 Å². The molecule has 0 aliphatic carbocycles. The predicted molar refractivity (Wildman–Crippen MR) is 138 cm³/mol. The molecular formula is C26H18BrClN2O2S. The topological polar surface area (TPSA) is 42.3 Å². The first kappa shape index (κ1) is 22.0. The normalized spacial score (nSPS) is 15.2. The Kier molecular flexibility index (Phi) is 6.15. The van der Waals surface area contributed by atoms with Crippen molar-refractivity contribution in [3.8, 4) is 0 Å². The maximum Gasteiger partial charge on any atom is 0.293 e. The first-order valence-corrected chi connectivity index (χ1v) is 12.3. The summed E-state index contributed by atoms with van der Waals surface area (Å²) in [7, 11) is 0. The zero-order valence-electron chi connectivity index (χ0n) is 17.4. The van der Waals surface area contributed by atoms with Crippen molar-refractivity contribution >= 4 is 67.4 Å². The number of benzene rings is 3. The van der Waals surface area contributed by atoms with Gasteiger partial charge in [0.15, 0.2) is 0 Å². The molecule has 1 aromatic heterocycles. The lowest BCUT2D eigenvalue weighted by molar-refractivity contribution is -0.123. The molecule has 164 valence electrons. The van der Waals surface area contributed by atoms with Gasteiger partial charge in [-0.3, -0.25) is 14.5 Å². The molecule has 1 aliphatic rings. The fourth-order valence-corrected chi connectivity index (χ4v) is 5.17. The number of para-hydroxylation sites is 1. The van der Waals surface area contributed by atoms with Gasteiger partial charge in [0.2, 0.25) is 0 Å². The highest BCUT2D eigenvalue weighted by molar-refractivity contribution is 9.10. The molecule has 0 unspecified atom stereocenters. The van der Waals surface area contributed by atoms with Gasteiger partial charge in [-0.2, -0.15) is 0 Å². The second kappa shape index (κ2) is 9.21. The molecule has 1 fully saturated rings. The SMILES string of the molecule is O=C1S/C(=C\c2cn(Cc3ccccc3Cl)c3ccccc23)C(=O)N1Cc1ccc(Br)cc1. The number of carbonyl (C=O) groups excluding carboxylic acids is 2. The Hall–Kier alpha value is -2.80. The molecule has 33 heavy (non-hydrogen) atoms. The Balaban J connectivity index is 1.46. The molecule has 1 saturated heterocycles. The van der Waals surface area contributed by atoms with Gasteiger partial charge in [0, 0.05) is 38.7 Å². The van der Waals surface area contributed by atoms with Crippen LogP contribution in [0.3, 0.4) is 0 Å². The summed E-state index contributed by atoms with van der Waals surface area (Å²) in [5, 5.41) is 1.48. The number of hydrogen-bond donors (Lipinski definition) is 0. The quantitative estimate of drug-likeness (QED) is 0.250. The summed E-state index contributed by atoms with van der Waals surface area (Å²) in [6.45, 7) is 0.864. The molecule has 0 spiro atoms. The predicted octanol–water partition coefficient (Wildman–Crippen LogP) is 7.34. The van der Waals surface area contributed by atoms with E-state index < -0.39 is 0 Å². The van der Waals surface area contributed by atoms with Gasteiger partial charge in [-0.05, 0) is 53.2 Å². The number of imide groups is 1. The second-order valence-electron chi connectivity index (χ2n) is 7.72. The van der Waals surface area contributed by atoms with Gasteiger partial charge in [0.05, 0.1) is 11.4 Å². The van der Waals surface area contributed by atoms with Gasteiger partial charge in [-0.15, -0.1) is 0 Å². The molecule has 1 aliphatic heterocycles. The van der Waals surface area contributed by atoms with E-state index in [-0.39, 0.29) is 17.7 Å². The first-order valence-electron chi connectivity index (χ1n) is 10.3. The summed E-state index contributed by atoms with van der Waals surface area (Å²) in [6.07, 6.45) is 3.83. The molecule has 2 heterocycles. The van der Waals surface area contributed by atoms with E-state index in [0.29, 0.717) is 16.5 Å². The molecule has 0 atom stereocenters. The van der Waals surface area contributed by atoms with Crippen LogP contribution in [-0.4, -0.2) is 20.6 Å². The van der Waals surface area contributed by atoms with E-state index in [1.54, 1.807) is 0 Å². The number of halogens is 2. The van der Waals surface area contributed by atoms with E-state index in [0.717, 1.165) is 43.8 Å². The van der Waals surface area contributed by atoms with Gasteiger partial charge in [-0.25, -0.2) is 0 Å². The van der Waals surface area contributed by atoms with E-state index in [4.69, 9.17) is 11.6 Å². The number of nitrogens with zero attached hydrogens (tertiary/aromatic N) is 2. The molecule has 0 N–H and O–H groups in total. The number of fused-ring (bicyclic) bond motifs is 1. The first-order chi connectivity index (χ1) is 16.0. The molecule has 0 radical (unpaired) electrons. The van der Waals surface area contributed by atoms with Crippen LogP contribution in [0.15, 0.2) is 88.4 Å². The number of rotatable bonds is 5. The summed E-state index contributed by atoms with van der Waals surface area (Å²) in [6, 6.07) is 23.4. The minimum absolute atomic E-state index is 0.254. The molecule has 3 aromatic carbocycles. The van der Waals surface area contributed by atoms with Crippen LogP contribution in [0.2, 0.25) is 5.02 Å². The Morgan fingerprint density at radius 1 is 0.909 bits per heavy atom. The third-order valence-electron chi connectivity index (χ3n) is 5.53. The maximum absolute atomic E-state index is 13.1. The number of hydrogen-bond acceptors (Lipinski definition) is 3. The third-order valence-corrected chi connectivity index (χ3v) is 7.34. The monoisotopic (exact) mass is 536 g/mol. The summed E-state index contributed by atoms with van der Waals surface area (Å²) >= 11 is 10.8. The summed E-state index contributed by atoms with van der Waals surface area (Å²) < 4.78 is 3.07. The highest BCUT2D eigenvalue weighted by Crippen LogP contribution is 2.35. The van der Waals surface area contributed by atoms with Gasteiger partial charge in [0.25, 0.3) is 11.1 Å². The zero-order valence-corrected chi connectivity index (χ0v) is 20.5. The van der Waals surface area contributed by atoms with Crippen LogP contribution in [0.25, 0.3) is 17.0 Å². The van der Waals surface area contributed by atoms with Gasteiger partial charge in [-0.1, -0.05) is 76.1 Å². The van der Waals surface area contributed by atoms with E-state index in [2.05, 4.69) is 20.5 Å². The highest BCUT2D eigenvalue weighted by atomic mass is 79.9. The van der Waals surface area contributed by atoms with Crippen LogP contribution in [0, 0.1) is 0 Å². The molecule has 4 nitrogen and oxygen atoms in total. The maximum atomic E-state index is 13.1. The third kappa shape index (κ3) is 4.51. The van der Waals surface area contributed by atoms with Crippen LogP contribution < -0.4 is 0 Å². The van der Waals surface area contributed by atoms with E-state index in [9.17, 15) is 9.59 Å². The molecule has 2 amide bonds. The Labute approximate surface area is 209 Å². The fourth-order valence-electron chi connectivity index (χ4n) is 3.88. The zero-order chi connectivity index (χ0) is 22.9. The molecule has 7 heteroatoms. The lowest BCUT2D eigenvalue weighted by atomic mass is 10.1. The number of amides is 2. The van der Waals surface area contributed by atoms with Crippen molar-refractivity contribution in [3.05, 3.63) is 110 Å². The van der Waals surface area contributed by atoms with Crippen molar-refractivity contribution in [3.63, 3.8) is 0 Å². The lowest BCUT2D eigenvalue weighted by Gasteiger charge is -2.12. The number of carbonyl (C=O) groups is 2. The van der Waals surface area contributed by atoms with Crippen molar-refractivity contribution in [2.45, 2.75) is 13.1 Å². The van der Waals surface area contributed by atoms with Crippen molar-refractivity contribution in [1.29, 1.82) is 0 Å². The second-order valence-corrected chi connectivity index (χ2v) is 10.0. The van der Waals surface area contributed by atoms with Crippen molar-refractivity contribution in [2.24, 2.45) is 0 Å². The van der Waals surface area contributed by atoms with Gasteiger partial charge < -0.3 is 4.57 Å². The lowest BCUT2D eigenvalue weighted by Crippen LogP contribution is -2.27. The molecule has 0 saturated carbocycles. The minimum atomic E-state index is -0.268. The fraction of sp³-hybridized carbons (Fsp3) is 0.0769.